The quantitative estimate of drug-likeness (QED) is 0.858. The molecule has 0 spiro atoms. The minimum atomic E-state index is -0.105. The fraction of sp³-hybridized carbons (Fsp3) is 0.474. The van der Waals surface area contributed by atoms with Crippen molar-refractivity contribution in [2.24, 2.45) is 0 Å². The van der Waals surface area contributed by atoms with E-state index in [2.05, 4.69) is 10.2 Å². The molecule has 24 heavy (non-hydrogen) atoms. The van der Waals surface area contributed by atoms with Gasteiger partial charge in [0.15, 0.2) is 0 Å². The number of benzene rings is 1. The summed E-state index contributed by atoms with van der Waals surface area (Å²) in [5.41, 5.74) is 1.54. The number of nitrogens with zero attached hydrogens (tertiary/aromatic N) is 2. The zero-order chi connectivity index (χ0) is 16.9. The molecule has 0 bridgehead atoms. The van der Waals surface area contributed by atoms with Crippen LogP contribution in [0.3, 0.4) is 0 Å². The van der Waals surface area contributed by atoms with Crippen LogP contribution in [-0.4, -0.2) is 60.9 Å². The smallest absolute Gasteiger partial charge is 0.251 e. The Morgan fingerprint density at radius 2 is 1.83 bits per heavy atom. The lowest BCUT2D eigenvalue weighted by molar-refractivity contribution is -0.125. The van der Waals surface area contributed by atoms with Gasteiger partial charge in [0.1, 0.15) is 0 Å². The molecule has 0 aromatic heterocycles. The molecule has 1 aromatic carbocycles. The number of hydrogen-bond donors (Lipinski definition) is 1. The molecule has 3 rings (SSSR count). The van der Waals surface area contributed by atoms with E-state index in [4.69, 9.17) is 0 Å². The van der Waals surface area contributed by atoms with E-state index < -0.39 is 0 Å². The van der Waals surface area contributed by atoms with Gasteiger partial charge in [-0.15, -0.1) is 0 Å². The molecule has 2 aliphatic heterocycles. The van der Waals surface area contributed by atoms with Crippen molar-refractivity contribution in [3.8, 4) is 0 Å². The van der Waals surface area contributed by atoms with Gasteiger partial charge >= 0.3 is 0 Å². The Bertz CT molecular complexity index is 618. The van der Waals surface area contributed by atoms with Crippen molar-refractivity contribution in [3.05, 3.63) is 41.5 Å². The highest BCUT2D eigenvalue weighted by molar-refractivity contribution is 5.94. The van der Waals surface area contributed by atoms with Gasteiger partial charge in [-0.25, -0.2) is 0 Å². The van der Waals surface area contributed by atoms with Crippen molar-refractivity contribution in [1.82, 2.24) is 15.1 Å². The van der Waals surface area contributed by atoms with Gasteiger partial charge in [0.25, 0.3) is 5.91 Å². The van der Waals surface area contributed by atoms with Gasteiger partial charge in [-0.3, -0.25) is 14.5 Å². The summed E-state index contributed by atoms with van der Waals surface area (Å²) in [6.45, 7) is 4.05. The van der Waals surface area contributed by atoms with E-state index in [9.17, 15) is 9.59 Å². The lowest BCUT2D eigenvalue weighted by Crippen LogP contribution is -2.36. The standard InChI is InChI=1S/C19H25N3O2/c1-20-19(24)16-7-4-15(5-8-16)6-9-18(23)22-13-10-17(14-22)21-11-2-3-12-21/h4-9,17H,2-3,10-14H2,1H3,(H,20,24)/b9-6+. The van der Waals surface area contributed by atoms with Crippen molar-refractivity contribution >= 4 is 17.9 Å². The average molecular weight is 327 g/mol. The highest BCUT2D eigenvalue weighted by Gasteiger charge is 2.30. The summed E-state index contributed by atoms with van der Waals surface area (Å²) >= 11 is 0. The molecule has 2 heterocycles. The van der Waals surface area contributed by atoms with Crippen molar-refractivity contribution in [1.29, 1.82) is 0 Å². The molecule has 128 valence electrons. The van der Waals surface area contributed by atoms with Crippen LogP contribution in [0.2, 0.25) is 0 Å². The molecule has 2 saturated heterocycles. The van der Waals surface area contributed by atoms with Crippen LogP contribution in [0.4, 0.5) is 0 Å². The Morgan fingerprint density at radius 1 is 1.12 bits per heavy atom. The van der Waals surface area contributed by atoms with Crippen LogP contribution in [0.1, 0.15) is 35.2 Å². The molecule has 0 saturated carbocycles. The van der Waals surface area contributed by atoms with E-state index in [0.717, 1.165) is 25.1 Å². The van der Waals surface area contributed by atoms with Crippen LogP contribution in [0.25, 0.3) is 6.08 Å². The van der Waals surface area contributed by atoms with E-state index in [1.54, 1.807) is 25.3 Å². The number of carbonyl (C=O) groups is 2. The Hall–Kier alpha value is -2.14. The highest BCUT2D eigenvalue weighted by Crippen LogP contribution is 2.20. The minimum absolute atomic E-state index is 0.0760. The summed E-state index contributed by atoms with van der Waals surface area (Å²) in [6, 6.07) is 7.78. The number of nitrogens with one attached hydrogen (secondary N) is 1. The number of amides is 2. The lowest BCUT2D eigenvalue weighted by Gasteiger charge is -2.23. The third-order valence-corrected chi connectivity index (χ3v) is 4.95. The zero-order valence-corrected chi connectivity index (χ0v) is 14.2. The van der Waals surface area contributed by atoms with E-state index >= 15 is 0 Å². The number of carbonyl (C=O) groups excluding carboxylic acids is 2. The van der Waals surface area contributed by atoms with Gasteiger partial charge in [0, 0.05) is 37.8 Å². The van der Waals surface area contributed by atoms with Crippen LogP contribution >= 0.6 is 0 Å². The fourth-order valence-corrected chi connectivity index (χ4v) is 3.51. The Labute approximate surface area is 143 Å². The molecule has 5 nitrogen and oxygen atoms in total. The van der Waals surface area contributed by atoms with Crippen LogP contribution in [-0.2, 0) is 4.79 Å². The van der Waals surface area contributed by atoms with Crippen molar-refractivity contribution in [2.75, 3.05) is 33.2 Å². The number of rotatable bonds is 4. The first-order valence-electron chi connectivity index (χ1n) is 8.70. The monoisotopic (exact) mass is 327 g/mol. The molecular formula is C19H25N3O2. The first kappa shape index (κ1) is 16.7. The molecule has 0 aliphatic carbocycles. The first-order valence-corrected chi connectivity index (χ1v) is 8.70. The summed E-state index contributed by atoms with van der Waals surface area (Å²) in [7, 11) is 1.61. The molecule has 5 heteroatoms. The molecule has 2 amide bonds. The fourth-order valence-electron chi connectivity index (χ4n) is 3.51. The molecule has 2 fully saturated rings. The molecule has 1 atom stereocenters. The van der Waals surface area contributed by atoms with Gasteiger partial charge in [0.2, 0.25) is 5.91 Å². The van der Waals surface area contributed by atoms with Gasteiger partial charge in [-0.1, -0.05) is 12.1 Å². The van der Waals surface area contributed by atoms with Gasteiger partial charge < -0.3 is 10.2 Å². The van der Waals surface area contributed by atoms with Crippen LogP contribution < -0.4 is 5.32 Å². The molecule has 2 aliphatic rings. The van der Waals surface area contributed by atoms with E-state index in [1.807, 2.05) is 23.1 Å². The average Bonchev–Trinajstić information content (AvgIpc) is 3.30. The predicted octanol–water partition coefficient (Wildman–Crippen LogP) is 1.76. The summed E-state index contributed by atoms with van der Waals surface area (Å²) in [5, 5.41) is 2.59. The normalized spacial score (nSPS) is 21.5. The van der Waals surface area contributed by atoms with Crippen LogP contribution in [0.5, 0.6) is 0 Å². The third-order valence-electron chi connectivity index (χ3n) is 4.95. The van der Waals surface area contributed by atoms with Crippen molar-refractivity contribution in [2.45, 2.75) is 25.3 Å². The molecule has 0 radical (unpaired) electrons. The predicted molar refractivity (Wildman–Crippen MR) is 94.7 cm³/mol. The molecular weight excluding hydrogens is 302 g/mol. The maximum atomic E-state index is 12.4. The maximum Gasteiger partial charge on any atom is 0.251 e. The topological polar surface area (TPSA) is 52.7 Å². The highest BCUT2D eigenvalue weighted by atomic mass is 16.2. The first-order chi connectivity index (χ1) is 11.7. The Morgan fingerprint density at radius 3 is 2.50 bits per heavy atom. The lowest BCUT2D eigenvalue weighted by atomic mass is 10.1. The maximum absolute atomic E-state index is 12.4. The van der Waals surface area contributed by atoms with Gasteiger partial charge in [-0.2, -0.15) is 0 Å². The van der Waals surface area contributed by atoms with Crippen LogP contribution in [0, 0.1) is 0 Å². The zero-order valence-electron chi connectivity index (χ0n) is 14.2. The van der Waals surface area contributed by atoms with Crippen molar-refractivity contribution in [3.63, 3.8) is 0 Å². The summed E-state index contributed by atoms with van der Waals surface area (Å²) in [6.07, 6.45) is 7.12. The number of hydrogen-bond acceptors (Lipinski definition) is 3. The summed E-state index contributed by atoms with van der Waals surface area (Å²) in [5.74, 6) is -0.0290. The van der Waals surface area contributed by atoms with Crippen molar-refractivity contribution < 1.29 is 9.59 Å². The second-order valence-corrected chi connectivity index (χ2v) is 6.50. The van der Waals surface area contributed by atoms with Gasteiger partial charge in [-0.05, 0) is 56.1 Å². The van der Waals surface area contributed by atoms with Crippen LogP contribution in [0.15, 0.2) is 30.3 Å². The molecule has 1 aromatic rings. The van der Waals surface area contributed by atoms with Gasteiger partial charge in [0.05, 0.1) is 0 Å². The second-order valence-electron chi connectivity index (χ2n) is 6.50. The number of likely N-dealkylation sites (tertiary alicyclic amines) is 2. The second kappa shape index (κ2) is 7.62. The Balaban J connectivity index is 1.54. The third kappa shape index (κ3) is 3.85. The minimum Gasteiger partial charge on any atom is -0.355 e. The van der Waals surface area contributed by atoms with E-state index in [-0.39, 0.29) is 11.8 Å². The molecule has 1 N–H and O–H groups in total. The SMILES string of the molecule is CNC(=O)c1ccc(/C=C/C(=O)N2CCC(N3CCCC3)C2)cc1. The summed E-state index contributed by atoms with van der Waals surface area (Å²) < 4.78 is 0. The summed E-state index contributed by atoms with van der Waals surface area (Å²) in [4.78, 5) is 28.3. The Kier molecular flexibility index (Phi) is 5.30. The van der Waals surface area contributed by atoms with E-state index in [0.29, 0.717) is 11.6 Å². The van der Waals surface area contributed by atoms with E-state index in [1.165, 1.54) is 25.9 Å². The molecule has 1 unspecified atom stereocenters. The largest absolute Gasteiger partial charge is 0.355 e.